The van der Waals surface area contributed by atoms with E-state index in [-0.39, 0.29) is 22.5 Å². The molecule has 2 aliphatic rings. The van der Waals surface area contributed by atoms with E-state index < -0.39 is 27.9 Å². The van der Waals surface area contributed by atoms with Crippen LogP contribution in [-0.2, 0) is 14.8 Å². The van der Waals surface area contributed by atoms with Gasteiger partial charge in [-0.1, -0.05) is 18.9 Å². The maximum atomic E-state index is 12.8. The van der Waals surface area contributed by atoms with Crippen LogP contribution in [0.2, 0.25) is 0 Å². The van der Waals surface area contributed by atoms with Gasteiger partial charge in [0.25, 0.3) is 5.91 Å². The van der Waals surface area contributed by atoms with Gasteiger partial charge in [0, 0.05) is 17.6 Å². The molecular weight excluding hydrogens is 356 g/mol. The summed E-state index contributed by atoms with van der Waals surface area (Å²) in [6.07, 6.45) is 5.20. The number of carbonyl (C=O) groups excluding carboxylic acids is 1. The van der Waals surface area contributed by atoms with Crippen molar-refractivity contribution in [3.8, 4) is 0 Å². The molecule has 1 aromatic rings. The van der Waals surface area contributed by atoms with Gasteiger partial charge >= 0.3 is 5.97 Å². The topological polar surface area (TPSA) is 104 Å². The molecule has 7 nitrogen and oxygen atoms in total. The van der Waals surface area contributed by atoms with Crippen molar-refractivity contribution in [2.24, 2.45) is 0 Å². The standard InChI is InChI=1S/C18H24N2O5S/c1-12(18(22)23)20(15-9-10-15)17(21)13-5-4-8-16(11-13)26(24,25)19-14-6-2-3-7-14/h4-5,8,11-12,14-15,19H,2-3,6-7,9-10H2,1H3,(H,22,23). The third-order valence-corrected chi connectivity index (χ3v) is 6.54. The minimum absolute atomic E-state index is 0.0361. The van der Waals surface area contributed by atoms with E-state index in [9.17, 15) is 23.1 Å². The molecule has 0 bridgehead atoms. The van der Waals surface area contributed by atoms with E-state index in [1.165, 1.54) is 36.1 Å². The molecule has 0 spiro atoms. The molecule has 0 saturated heterocycles. The van der Waals surface area contributed by atoms with Gasteiger partial charge in [-0.25, -0.2) is 17.9 Å². The molecule has 2 aliphatic carbocycles. The van der Waals surface area contributed by atoms with E-state index in [1.54, 1.807) is 0 Å². The van der Waals surface area contributed by atoms with Crippen LogP contribution < -0.4 is 4.72 Å². The predicted octanol–water partition coefficient (Wildman–Crippen LogP) is 1.99. The number of nitrogens with one attached hydrogen (secondary N) is 1. The number of aliphatic carboxylic acids is 1. The van der Waals surface area contributed by atoms with Gasteiger partial charge in [-0.05, 0) is 50.8 Å². The average molecular weight is 380 g/mol. The smallest absolute Gasteiger partial charge is 0.326 e. The Kier molecular flexibility index (Phi) is 5.34. The van der Waals surface area contributed by atoms with Gasteiger partial charge in [-0.2, -0.15) is 0 Å². The maximum absolute atomic E-state index is 12.8. The summed E-state index contributed by atoms with van der Waals surface area (Å²) >= 11 is 0. The molecule has 0 radical (unpaired) electrons. The van der Waals surface area contributed by atoms with E-state index >= 15 is 0 Å². The molecule has 2 fully saturated rings. The summed E-state index contributed by atoms with van der Waals surface area (Å²) in [6.45, 7) is 1.47. The molecule has 2 saturated carbocycles. The van der Waals surface area contributed by atoms with Crippen LogP contribution in [0.1, 0.15) is 55.8 Å². The van der Waals surface area contributed by atoms with Gasteiger partial charge in [0.05, 0.1) is 4.90 Å². The fourth-order valence-electron chi connectivity index (χ4n) is 3.41. The van der Waals surface area contributed by atoms with Crippen molar-refractivity contribution in [3.63, 3.8) is 0 Å². The number of carboxylic acids is 1. The molecule has 2 N–H and O–H groups in total. The molecule has 1 unspecified atom stereocenters. The number of hydrogen-bond acceptors (Lipinski definition) is 4. The summed E-state index contributed by atoms with van der Waals surface area (Å²) < 4.78 is 27.9. The molecule has 0 heterocycles. The number of carbonyl (C=O) groups is 2. The molecular formula is C18H24N2O5S. The van der Waals surface area contributed by atoms with Crippen LogP contribution in [-0.4, -0.2) is 48.4 Å². The number of amides is 1. The molecule has 0 aliphatic heterocycles. The summed E-state index contributed by atoms with van der Waals surface area (Å²) in [7, 11) is -3.70. The lowest BCUT2D eigenvalue weighted by Crippen LogP contribution is -2.44. The number of hydrogen-bond donors (Lipinski definition) is 2. The minimum atomic E-state index is -3.70. The van der Waals surface area contributed by atoms with Crippen LogP contribution in [0.3, 0.4) is 0 Å². The highest BCUT2D eigenvalue weighted by molar-refractivity contribution is 7.89. The first-order valence-corrected chi connectivity index (χ1v) is 10.5. The number of benzene rings is 1. The van der Waals surface area contributed by atoms with Gasteiger partial charge in [-0.3, -0.25) is 4.79 Å². The van der Waals surface area contributed by atoms with Gasteiger partial charge in [0.1, 0.15) is 6.04 Å². The summed E-state index contributed by atoms with van der Waals surface area (Å²) in [6, 6.07) is 4.74. The highest BCUT2D eigenvalue weighted by Crippen LogP contribution is 2.30. The first kappa shape index (κ1) is 18.8. The Balaban J connectivity index is 1.83. The number of carboxylic acid groups (broad SMARTS) is 1. The molecule has 1 atom stereocenters. The van der Waals surface area contributed by atoms with Gasteiger partial charge in [-0.15, -0.1) is 0 Å². The average Bonchev–Trinajstić information content (AvgIpc) is 3.31. The van der Waals surface area contributed by atoms with E-state index in [2.05, 4.69) is 4.72 Å². The third-order valence-electron chi connectivity index (χ3n) is 5.02. The predicted molar refractivity (Wildman–Crippen MR) is 95.3 cm³/mol. The fraction of sp³-hybridized carbons (Fsp3) is 0.556. The van der Waals surface area contributed by atoms with Crippen molar-refractivity contribution in [3.05, 3.63) is 29.8 Å². The molecule has 142 valence electrons. The highest BCUT2D eigenvalue weighted by Gasteiger charge is 2.39. The first-order valence-electron chi connectivity index (χ1n) is 8.97. The molecule has 26 heavy (non-hydrogen) atoms. The highest BCUT2D eigenvalue weighted by atomic mass is 32.2. The maximum Gasteiger partial charge on any atom is 0.326 e. The number of rotatable bonds is 7. The Labute approximate surface area is 153 Å². The van der Waals surface area contributed by atoms with Crippen LogP contribution >= 0.6 is 0 Å². The van der Waals surface area contributed by atoms with Crippen LogP contribution in [0.5, 0.6) is 0 Å². The quantitative estimate of drug-likeness (QED) is 0.753. The normalized spacial score (nSPS) is 19.3. The monoisotopic (exact) mass is 380 g/mol. The van der Waals surface area contributed by atoms with Crippen LogP contribution in [0, 0.1) is 0 Å². The van der Waals surface area contributed by atoms with Crippen molar-refractivity contribution >= 4 is 21.9 Å². The molecule has 8 heteroatoms. The Morgan fingerprint density at radius 2 is 1.85 bits per heavy atom. The largest absolute Gasteiger partial charge is 0.480 e. The van der Waals surface area contributed by atoms with Crippen molar-refractivity contribution in [1.29, 1.82) is 0 Å². The lowest BCUT2D eigenvalue weighted by Gasteiger charge is -2.26. The van der Waals surface area contributed by atoms with Crippen LogP contribution in [0.15, 0.2) is 29.2 Å². The second-order valence-electron chi connectivity index (χ2n) is 7.09. The van der Waals surface area contributed by atoms with Crippen molar-refractivity contribution < 1.29 is 23.1 Å². The number of nitrogens with zero attached hydrogens (tertiary/aromatic N) is 1. The van der Waals surface area contributed by atoms with Gasteiger partial charge in [0.15, 0.2) is 0 Å². The van der Waals surface area contributed by atoms with Crippen molar-refractivity contribution in [2.75, 3.05) is 0 Å². The molecule has 0 aromatic heterocycles. The Morgan fingerprint density at radius 1 is 1.19 bits per heavy atom. The van der Waals surface area contributed by atoms with Crippen LogP contribution in [0.4, 0.5) is 0 Å². The van der Waals surface area contributed by atoms with E-state index in [0.29, 0.717) is 0 Å². The summed E-state index contributed by atoms with van der Waals surface area (Å²) in [5.74, 6) is -1.52. The van der Waals surface area contributed by atoms with Crippen molar-refractivity contribution in [2.45, 2.75) is 68.5 Å². The second-order valence-corrected chi connectivity index (χ2v) is 8.80. The molecule has 1 aromatic carbocycles. The summed E-state index contributed by atoms with van der Waals surface area (Å²) in [4.78, 5) is 25.6. The van der Waals surface area contributed by atoms with Crippen LogP contribution in [0.25, 0.3) is 0 Å². The van der Waals surface area contributed by atoms with E-state index in [0.717, 1.165) is 38.5 Å². The van der Waals surface area contributed by atoms with Gasteiger partial charge < -0.3 is 10.0 Å². The Bertz CT molecular complexity index is 798. The Morgan fingerprint density at radius 3 is 2.42 bits per heavy atom. The second kappa shape index (κ2) is 7.36. The molecule has 3 rings (SSSR count). The van der Waals surface area contributed by atoms with E-state index in [4.69, 9.17) is 0 Å². The zero-order chi connectivity index (χ0) is 18.9. The lowest BCUT2D eigenvalue weighted by molar-refractivity contribution is -0.141. The third kappa shape index (κ3) is 4.07. The summed E-state index contributed by atoms with van der Waals surface area (Å²) in [5.41, 5.74) is 0.194. The minimum Gasteiger partial charge on any atom is -0.480 e. The SMILES string of the molecule is CC(C(=O)O)N(C(=O)c1cccc(S(=O)(=O)NC2CCCC2)c1)C1CC1. The molecule has 1 amide bonds. The number of sulfonamides is 1. The Hall–Kier alpha value is -1.93. The lowest BCUT2D eigenvalue weighted by atomic mass is 10.1. The summed E-state index contributed by atoms with van der Waals surface area (Å²) in [5, 5.41) is 9.27. The zero-order valence-electron chi connectivity index (χ0n) is 14.7. The van der Waals surface area contributed by atoms with E-state index in [1.807, 2.05) is 0 Å². The zero-order valence-corrected chi connectivity index (χ0v) is 15.5. The first-order chi connectivity index (χ1) is 12.3. The van der Waals surface area contributed by atoms with Crippen molar-refractivity contribution in [1.82, 2.24) is 9.62 Å². The fourth-order valence-corrected chi connectivity index (χ4v) is 4.76. The van der Waals surface area contributed by atoms with Gasteiger partial charge in [0.2, 0.25) is 10.0 Å².